The molecular weight excluding hydrogens is 334 g/mol. The van der Waals surface area contributed by atoms with E-state index in [1.807, 2.05) is 7.05 Å². The van der Waals surface area contributed by atoms with Gasteiger partial charge in [0, 0.05) is 58.7 Å². The number of aromatic nitrogens is 1. The molecule has 1 aliphatic rings. The summed E-state index contributed by atoms with van der Waals surface area (Å²) in [6.07, 6.45) is 3.32. The highest BCUT2D eigenvalue weighted by molar-refractivity contribution is 5.79. The molecule has 5 heteroatoms. The van der Waals surface area contributed by atoms with E-state index in [4.69, 9.17) is 0 Å². The zero-order valence-electron chi connectivity index (χ0n) is 17.1. The van der Waals surface area contributed by atoms with Crippen molar-refractivity contribution in [3.8, 4) is 0 Å². The lowest BCUT2D eigenvalue weighted by Crippen LogP contribution is -2.41. The molecule has 1 aromatic heterocycles. The highest BCUT2D eigenvalue weighted by Gasteiger charge is 2.29. The second-order valence-electron chi connectivity index (χ2n) is 7.76. The molecule has 0 spiro atoms. The van der Waals surface area contributed by atoms with Crippen molar-refractivity contribution in [2.45, 2.75) is 32.5 Å². The minimum absolute atomic E-state index is 0.625. The Morgan fingerprint density at radius 2 is 2.00 bits per heavy atom. The molecule has 146 valence electrons. The van der Waals surface area contributed by atoms with Gasteiger partial charge in [0.2, 0.25) is 0 Å². The molecule has 2 atom stereocenters. The van der Waals surface area contributed by atoms with Crippen molar-refractivity contribution >= 4 is 5.96 Å². The van der Waals surface area contributed by atoms with Gasteiger partial charge < -0.3 is 14.8 Å². The Kier molecular flexibility index (Phi) is 6.56. The molecule has 1 aliphatic heterocycles. The number of hydrogen-bond donors (Lipinski definition) is 1. The molecule has 1 N–H and O–H groups in total. The summed E-state index contributed by atoms with van der Waals surface area (Å²) in [6.45, 7) is 6.35. The van der Waals surface area contributed by atoms with E-state index in [9.17, 15) is 0 Å². The van der Waals surface area contributed by atoms with E-state index in [1.54, 1.807) is 0 Å². The van der Waals surface area contributed by atoms with Gasteiger partial charge >= 0.3 is 0 Å². The van der Waals surface area contributed by atoms with Gasteiger partial charge in [0.15, 0.2) is 5.96 Å². The number of nitrogens with zero attached hydrogens (tertiary/aromatic N) is 4. The van der Waals surface area contributed by atoms with Gasteiger partial charge in [-0.15, -0.1) is 0 Å². The maximum Gasteiger partial charge on any atom is 0.193 e. The first-order chi connectivity index (χ1) is 13.1. The zero-order chi connectivity index (χ0) is 19.2. The van der Waals surface area contributed by atoms with Gasteiger partial charge in [-0.05, 0) is 37.0 Å². The van der Waals surface area contributed by atoms with Gasteiger partial charge in [0.05, 0.1) is 6.54 Å². The molecule has 2 aromatic rings. The number of benzene rings is 1. The number of rotatable bonds is 6. The summed E-state index contributed by atoms with van der Waals surface area (Å²) in [6, 6.07) is 15.6. The second-order valence-corrected chi connectivity index (χ2v) is 7.76. The number of aryl methyl sites for hydroxylation is 1. The van der Waals surface area contributed by atoms with Crippen LogP contribution in [0.1, 0.15) is 24.6 Å². The minimum Gasteiger partial charge on any atom is -0.356 e. The van der Waals surface area contributed by atoms with Crippen molar-refractivity contribution in [1.82, 2.24) is 19.7 Å². The van der Waals surface area contributed by atoms with Crippen LogP contribution >= 0.6 is 0 Å². The average molecular weight is 368 g/mol. The van der Waals surface area contributed by atoms with Crippen LogP contribution in [0, 0.1) is 5.92 Å². The van der Waals surface area contributed by atoms with Crippen molar-refractivity contribution in [3.63, 3.8) is 0 Å². The topological polar surface area (TPSA) is 35.8 Å². The normalized spacial score (nSPS) is 20.8. The number of aliphatic imine (C=N–C) groups is 1. The SMILES string of the molecule is CN=C(NCC1CC(C)N(Cc2ccccc2)C1)N(C)Cc1cccn1C. The lowest BCUT2D eigenvalue weighted by atomic mass is 10.1. The van der Waals surface area contributed by atoms with Crippen LogP contribution in [0.4, 0.5) is 0 Å². The highest BCUT2D eigenvalue weighted by atomic mass is 15.3. The standard InChI is InChI=1S/C22H33N5/c1-18-13-20(16-27(18)15-19-9-6-5-7-10-19)14-24-22(23-2)26(4)17-21-11-8-12-25(21)3/h5-12,18,20H,13-17H2,1-4H3,(H,23,24). The number of nitrogens with one attached hydrogen (secondary N) is 1. The minimum atomic E-state index is 0.625. The van der Waals surface area contributed by atoms with Crippen LogP contribution in [0.15, 0.2) is 53.7 Å². The van der Waals surface area contributed by atoms with Gasteiger partial charge in [0.1, 0.15) is 0 Å². The first-order valence-corrected chi connectivity index (χ1v) is 9.86. The van der Waals surface area contributed by atoms with Crippen molar-refractivity contribution in [3.05, 3.63) is 59.9 Å². The molecule has 0 saturated carbocycles. The van der Waals surface area contributed by atoms with Crippen molar-refractivity contribution in [1.29, 1.82) is 0 Å². The quantitative estimate of drug-likeness (QED) is 0.630. The Morgan fingerprint density at radius 3 is 2.67 bits per heavy atom. The van der Waals surface area contributed by atoms with E-state index in [0.717, 1.165) is 32.1 Å². The molecule has 1 saturated heterocycles. The van der Waals surface area contributed by atoms with Crippen LogP contribution in [-0.2, 0) is 20.1 Å². The molecule has 0 amide bonds. The van der Waals surface area contributed by atoms with Crippen LogP contribution in [0.3, 0.4) is 0 Å². The van der Waals surface area contributed by atoms with E-state index < -0.39 is 0 Å². The van der Waals surface area contributed by atoms with E-state index in [2.05, 4.69) is 94.4 Å². The highest BCUT2D eigenvalue weighted by Crippen LogP contribution is 2.24. The smallest absolute Gasteiger partial charge is 0.193 e. The third-order valence-corrected chi connectivity index (χ3v) is 5.59. The summed E-state index contributed by atoms with van der Waals surface area (Å²) in [4.78, 5) is 9.26. The van der Waals surface area contributed by atoms with Crippen LogP contribution in [0.25, 0.3) is 0 Å². The Morgan fingerprint density at radius 1 is 1.22 bits per heavy atom. The van der Waals surface area contributed by atoms with Crippen LogP contribution < -0.4 is 5.32 Å². The molecule has 27 heavy (non-hydrogen) atoms. The molecular formula is C22H33N5. The lowest BCUT2D eigenvalue weighted by Gasteiger charge is -2.24. The number of guanidine groups is 1. The van der Waals surface area contributed by atoms with E-state index in [-0.39, 0.29) is 0 Å². The Balaban J connectivity index is 1.49. The fraction of sp³-hybridized carbons (Fsp3) is 0.500. The summed E-state index contributed by atoms with van der Waals surface area (Å²) in [5.41, 5.74) is 2.68. The Labute approximate surface area is 163 Å². The van der Waals surface area contributed by atoms with Crippen molar-refractivity contribution in [2.75, 3.05) is 27.2 Å². The summed E-state index contributed by atoms with van der Waals surface area (Å²) >= 11 is 0. The van der Waals surface area contributed by atoms with Crippen molar-refractivity contribution in [2.24, 2.45) is 18.0 Å². The summed E-state index contributed by atoms with van der Waals surface area (Å²) in [7, 11) is 6.05. The maximum atomic E-state index is 4.47. The third-order valence-electron chi connectivity index (χ3n) is 5.59. The van der Waals surface area contributed by atoms with Gasteiger partial charge in [-0.25, -0.2) is 0 Å². The average Bonchev–Trinajstić information content (AvgIpc) is 3.22. The van der Waals surface area contributed by atoms with Gasteiger partial charge in [-0.2, -0.15) is 0 Å². The number of hydrogen-bond acceptors (Lipinski definition) is 2. The summed E-state index contributed by atoms with van der Waals surface area (Å²) in [5, 5.41) is 3.59. The number of likely N-dealkylation sites (tertiary alicyclic amines) is 1. The van der Waals surface area contributed by atoms with Gasteiger partial charge in [0.25, 0.3) is 0 Å². The van der Waals surface area contributed by atoms with Crippen molar-refractivity contribution < 1.29 is 0 Å². The predicted molar refractivity (Wildman–Crippen MR) is 113 cm³/mol. The fourth-order valence-corrected chi connectivity index (χ4v) is 4.00. The molecule has 2 unspecified atom stereocenters. The first-order valence-electron chi connectivity index (χ1n) is 9.86. The molecule has 1 aromatic carbocycles. The van der Waals surface area contributed by atoms with Crippen LogP contribution in [0.2, 0.25) is 0 Å². The third kappa shape index (κ3) is 5.13. The first kappa shape index (κ1) is 19.5. The predicted octanol–water partition coefficient (Wildman–Crippen LogP) is 2.94. The molecule has 3 rings (SSSR count). The van der Waals surface area contributed by atoms with E-state index in [1.165, 1.54) is 17.7 Å². The van der Waals surface area contributed by atoms with E-state index >= 15 is 0 Å². The Bertz CT molecular complexity index is 736. The molecule has 2 heterocycles. The van der Waals surface area contributed by atoms with Crippen LogP contribution in [0.5, 0.6) is 0 Å². The monoisotopic (exact) mass is 367 g/mol. The summed E-state index contributed by atoms with van der Waals surface area (Å²) < 4.78 is 2.16. The lowest BCUT2D eigenvalue weighted by molar-refractivity contribution is 0.255. The summed E-state index contributed by atoms with van der Waals surface area (Å²) in [5.74, 6) is 1.62. The maximum absolute atomic E-state index is 4.47. The molecule has 5 nitrogen and oxygen atoms in total. The fourth-order valence-electron chi connectivity index (χ4n) is 4.00. The van der Waals surface area contributed by atoms with Gasteiger partial charge in [-0.3, -0.25) is 9.89 Å². The molecule has 0 aliphatic carbocycles. The molecule has 0 bridgehead atoms. The second kappa shape index (κ2) is 9.09. The van der Waals surface area contributed by atoms with Crippen LogP contribution in [-0.4, -0.2) is 53.6 Å². The largest absolute Gasteiger partial charge is 0.356 e. The van der Waals surface area contributed by atoms with E-state index in [0.29, 0.717) is 12.0 Å². The zero-order valence-corrected chi connectivity index (χ0v) is 17.1. The Hall–Kier alpha value is -2.27. The molecule has 0 radical (unpaired) electrons. The van der Waals surface area contributed by atoms with Gasteiger partial charge in [-0.1, -0.05) is 30.3 Å². The molecule has 1 fully saturated rings.